The monoisotopic (exact) mass is 513 g/mol. The predicted molar refractivity (Wildman–Crippen MR) is 136 cm³/mol. The van der Waals surface area contributed by atoms with E-state index in [4.69, 9.17) is 27.9 Å². The maximum Gasteiger partial charge on any atom is 0.345 e. The Morgan fingerprint density at radius 1 is 0.971 bits per heavy atom. The molecule has 174 valence electrons. The van der Waals surface area contributed by atoms with Gasteiger partial charge in [-0.05, 0) is 59.0 Å². The van der Waals surface area contributed by atoms with Crippen LogP contribution in [-0.2, 0) is 9.84 Å². The van der Waals surface area contributed by atoms with Gasteiger partial charge in [0.1, 0.15) is 5.75 Å². The number of aromatic nitrogens is 1. The fraction of sp³-hybridized carbons (Fsp3) is 0.154. The number of benzene rings is 3. The van der Waals surface area contributed by atoms with Crippen molar-refractivity contribution in [2.75, 3.05) is 6.26 Å². The Bertz CT molecular complexity index is 1530. The molecule has 1 heterocycles. The molecule has 0 fully saturated rings. The van der Waals surface area contributed by atoms with Crippen LogP contribution in [0.3, 0.4) is 0 Å². The summed E-state index contributed by atoms with van der Waals surface area (Å²) in [6.07, 6.45) is 2.88. The number of carbonyl (C=O) groups is 1. The van der Waals surface area contributed by atoms with Gasteiger partial charge in [0.25, 0.3) is 0 Å². The summed E-state index contributed by atoms with van der Waals surface area (Å²) >= 11 is 12.5. The molecule has 5 nitrogen and oxygen atoms in total. The molecule has 8 heteroatoms. The van der Waals surface area contributed by atoms with Crippen LogP contribution in [0.25, 0.3) is 22.0 Å². The van der Waals surface area contributed by atoms with Crippen LogP contribution in [0.15, 0.2) is 71.8 Å². The van der Waals surface area contributed by atoms with Crippen LogP contribution in [-0.4, -0.2) is 25.6 Å². The van der Waals surface area contributed by atoms with Crippen LogP contribution < -0.4 is 4.74 Å². The van der Waals surface area contributed by atoms with E-state index in [0.29, 0.717) is 16.3 Å². The molecule has 0 bridgehead atoms. The smallest absolute Gasteiger partial charge is 0.345 e. The second-order valence-electron chi connectivity index (χ2n) is 8.21. The number of sulfone groups is 1. The zero-order valence-electron chi connectivity index (χ0n) is 18.7. The molecule has 0 N–H and O–H groups in total. The van der Waals surface area contributed by atoms with Gasteiger partial charge in [-0.1, -0.05) is 61.3 Å². The van der Waals surface area contributed by atoms with E-state index in [1.54, 1.807) is 24.3 Å². The highest BCUT2D eigenvalue weighted by Gasteiger charge is 2.19. The minimum absolute atomic E-state index is 0.0145. The average molecular weight is 514 g/mol. The number of esters is 1. The van der Waals surface area contributed by atoms with Gasteiger partial charge in [-0.3, -0.25) is 4.98 Å². The molecular weight excluding hydrogens is 493 g/mol. The zero-order chi connectivity index (χ0) is 24.6. The lowest BCUT2D eigenvalue weighted by Crippen LogP contribution is -2.10. The summed E-state index contributed by atoms with van der Waals surface area (Å²) in [5.74, 6) is -0.265. The Morgan fingerprint density at radius 3 is 2.41 bits per heavy atom. The molecule has 3 aromatic carbocycles. The summed E-state index contributed by atoms with van der Waals surface area (Å²) in [7, 11) is -3.51. The largest absolute Gasteiger partial charge is 0.423 e. The van der Waals surface area contributed by atoms with Gasteiger partial charge in [-0.2, -0.15) is 0 Å². The zero-order valence-corrected chi connectivity index (χ0v) is 21.0. The van der Waals surface area contributed by atoms with Crippen LogP contribution in [0.4, 0.5) is 0 Å². The maximum absolute atomic E-state index is 12.9. The summed E-state index contributed by atoms with van der Waals surface area (Å²) < 4.78 is 29.4. The molecular formula is C26H21Cl2NO4S. The van der Waals surface area contributed by atoms with Crippen molar-refractivity contribution < 1.29 is 17.9 Å². The van der Waals surface area contributed by atoms with E-state index in [9.17, 15) is 13.2 Å². The number of carbonyl (C=O) groups excluding carboxylic acids is 1. The van der Waals surface area contributed by atoms with E-state index < -0.39 is 15.8 Å². The van der Waals surface area contributed by atoms with E-state index in [2.05, 4.69) is 18.8 Å². The number of hydrogen-bond acceptors (Lipinski definition) is 5. The second kappa shape index (κ2) is 9.37. The minimum Gasteiger partial charge on any atom is -0.423 e. The van der Waals surface area contributed by atoms with Gasteiger partial charge in [0.2, 0.25) is 0 Å². The van der Waals surface area contributed by atoms with E-state index in [0.717, 1.165) is 28.3 Å². The highest BCUT2D eigenvalue weighted by molar-refractivity contribution is 7.90. The van der Waals surface area contributed by atoms with Crippen LogP contribution in [0.1, 0.15) is 35.7 Å². The van der Waals surface area contributed by atoms with Gasteiger partial charge in [0.15, 0.2) is 9.84 Å². The number of nitrogens with zero attached hydrogens (tertiary/aromatic N) is 1. The van der Waals surface area contributed by atoms with Crippen molar-refractivity contribution in [3.8, 4) is 16.9 Å². The first-order valence-corrected chi connectivity index (χ1v) is 13.1. The van der Waals surface area contributed by atoms with Crippen molar-refractivity contribution in [1.29, 1.82) is 0 Å². The maximum atomic E-state index is 12.9. The van der Waals surface area contributed by atoms with E-state index >= 15 is 0 Å². The van der Waals surface area contributed by atoms with Crippen molar-refractivity contribution in [2.45, 2.75) is 24.7 Å². The van der Waals surface area contributed by atoms with Crippen molar-refractivity contribution in [3.05, 3.63) is 88.0 Å². The standard InChI is InChI=1S/C26H21Cl2NO4S/c1-15(2)21-14-29-25-19(8-5-9-23(25)28)24(21)16-6-4-7-17(12-16)33-26(30)20-13-18(34(3,31)32)10-11-22(20)27/h4-15H,1-3H3. The molecule has 1 aromatic heterocycles. The average Bonchev–Trinajstić information content (AvgIpc) is 2.78. The molecule has 4 aromatic rings. The molecule has 0 aliphatic carbocycles. The van der Waals surface area contributed by atoms with Gasteiger partial charge in [0, 0.05) is 17.8 Å². The van der Waals surface area contributed by atoms with Crippen molar-refractivity contribution in [2.24, 2.45) is 0 Å². The van der Waals surface area contributed by atoms with Crippen molar-refractivity contribution >= 4 is 49.9 Å². The lowest BCUT2D eigenvalue weighted by molar-refractivity contribution is 0.0735. The van der Waals surface area contributed by atoms with Crippen LogP contribution in [0.2, 0.25) is 10.0 Å². The number of ether oxygens (including phenoxy) is 1. The van der Waals surface area contributed by atoms with Crippen LogP contribution >= 0.6 is 23.2 Å². The third-order valence-electron chi connectivity index (χ3n) is 5.42. The number of fused-ring (bicyclic) bond motifs is 1. The number of para-hydroxylation sites is 1. The highest BCUT2D eigenvalue weighted by Crippen LogP contribution is 2.38. The molecule has 0 saturated heterocycles. The normalized spacial score (nSPS) is 11.7. The topological polar surface area (TPSA) is 73.3 Å². The summed E-state index contributed by atoms with van der Waals surface area (Å²) in [5, 5.41) is 1.55. The van der Waals surface area contributed by atoms with Crippen LogP contribution in [0.5, 0.6) is 5.75 Å². The molecule has 0 spiro atoms. The van der Waals surface area contributed by atoms with E-state index in [1.165, 1.54) is 18.2 Å². The molecule has 0 aliphatic heterocycles. The molecule has 34 heavy (non-hydrogen) atoms. The summed E-state index contributed by atoms with van der Waals surface area (Å²) in [6, 6.07) is 16.7. The summed E-state index contributed by atoms with van der Waals surface area (Å²) in [5.41, 5.74) is 3.48. The number of rotatable bonds is 5. The molecule has 0 amide bonds. The molecule has 0 atom stereocenters. The number of hydrogen-bond donors (Lipinski definition) is 0. The Kier molecular flexibility index (Phi) is 6.67. The SMILES string of the molecule is CC(C)c1cnc2c(Cl)cccc2c1-c1cccc(OC(=O)c2cc(S(C)(=O)=O)ccc2Cl)c1. The number of halogens is 2. The van der Waals surface area contributed by atoms with E-state index in [1.807, 2.05) is 24.4 Å². The Labute approximate surface area is 208 Å². The molecule has 4 rings (SSSR count). The third kappa shape index (κ3) is 4.80. The predicted octanol–water partition coefficient (Wildman–Crippen LogP) is 6.95. The molecule has 0 saturated carbocycles. The molecule has 0 aliphatic rings. The van der Waals surface area contributed by atoms with Gasteiger partial charge >= 0.3 is 5.97 Å². The quantitative estimate of drug-likeness (QED) is 0.213. The first kappa shape index (κ1) is 24.2. The van der Waals surface area contributed by atoms with Gasteiger partial charge in [0.05, 0.1) is 26.0 Å². The van der Waals surface area contributed by atoms with Gasteiger partial charge < -0.3 is 4.74 Å². The highest BCUT2D eigenvalue weighted by atomic mass is 35.5. The summed E-state index contributed by atoms with van der Waals surface area (Å²) in [6.45, 7) is 4.16. The second-order valence-corrected chi connectivity index (χ2v) is 11.0. The minimum atomic E-state index is -3.51. The molecule has 0 radical (unpaired) electrons. The third-order valence-corrected chi connectivity index (χ3v) is 7.16. The van der Waals surface area contributed by atoms with Crippen LogP contribution in [0, 0.1) is 0 Å². The van der Waals surface area contributed by atoms with Crippen molar-refractivity contribution in [1.82, 2.24) is 4.98 Å². The van der Waals surface area contributed by atoms with Gasteiger partial charge in [-0.15, -0.1) is 0 Å². The lowest BCUT2D eigenvalue weighted by atomic mass is 9.91. The van der Waals surface area contributed by atoms with Crippen molar-refractivity contribution in [3.63, 3.8) is 0 Å². The van der Waals surface area contributed by atoms with Gasteiger partial charge in [-0.25, -0.2) is 13.2 Å². The van der Waals surface area contributed by atoms with E-state index in [-0.39, 0.29) is 21.4 Å². The molecule has 0 unspecified atom stereocenters. The Balaban J connectivity index is 1.78. The lowest BCUT2D eigenvalue weighted by Gasteiger charge is -2.17. The Morgan fingerprint density at radius 2 is 1.71 bits per heavy atom. The first-order valence-electron chi connectivity index (χ1n) is 10.5. The first-order chi connectivity index (χ1) is 16.1. The fourth-order valence-electron chi connectivity index (χ4n) is 3.73. The number of pyridine rings is 1. The summed E-state index contributed by atoms with van der Waals surface area (Å²) in [4.78, 5) is 17.4. The fourth-order valence-corrected chi connectivity index (χ4v) is 4.80. The Hall–Kier alpha value is -2.93.